The van der Waals surface area contributed by atoms with E-state index in [-0.39, 0.29) is 6.09 Å². The molecule has 6 rings (SSSR count). The Morgan fingerprint density at radius 3 is 2.62 bits per heavy atom. The van der Waals surface area contributed by atoms with Crippen LogP contribution in [0.4, 0.5) is 4.79 Å². The Balaban J connectivity index is 1.32. The molecule has 0 saturated heterocycles. The van der Waals surface area contributed by atoms with E-state index in [9.17, 15) is 4.79 Å². The molecule has 39 heavy (non-hydrogen) atoms. The fourth-order valence-corrected chi connectivity index (χ4v) is 4.89. The van der Waals surface area contributed by atoms with E-state index in [0.29, 0.717) is 18.9 Å². The molecule has 196 valence electrons. The van der Waals surface area contributed by atoms with E-state index in [2.05, 4.69) is 39.2 Å². The van der Waals surface area contributed by atoms with Gasteiger partial charge in [-0.25, -0.2) is 19.7 Å². The monoisotopic (exact) mass is 518 g/mol. The van der Waals surface area contributed by atoms with Crippen molar-refractivity contribution in [3.63, 3.8) is 0 Å². The molecule has 5 heterocycles. The van der Waals surface area contributed by atoms with Gasteiger partial charge in [0.05, 0.1) is 5.69 Å². The lowest BCUT2D eigenvalue weighted by Crippen LogP contribution is -2.39. The van der Waals surface area contributed by atoms with Gasteiger partial charge >= 0.3 is 6.09 Å². The van der Waals surface area contributed by atoms with Crippen LogP contribution >= 0.6 is 0 Å². The first-order chi connectivity index (χ1) is 18.7. The van der Waals surface area contributed by atoms with Crippen molar-refractivity contribution in [1.29, 1.82) is 0 Å². The van der Waals surface area contributed by atoms with Crippen molar-refractivity contribution in [3.05, 3.63) is 83.9 Å². The van der Waals surface area contributed by atoms with Crippen molar-refractivity contribution in [2.45, 2.75) is 46.3 Å². The number of carbonyl (C=O) groups excluding carboxylic acids is 1. The number of H-pyrrole nitrogens is 1. The summed E-state index contributed by atoms with van der Waals surface area (Å²) in [6.45, 7) is 8.80. The number of pyridine rings is 2. The third-order valence-electron chi connectivity index (χ3n) is 6.75. The van der Waals surface area contributed by atoms with Gasteiger partial charge in [-0.3, -0.25) is 4.98 Å². The highest BCUT2D eigenvalue weighted by Gasteiger charge is 2.26. The lowest BCUT2D eigenvalue weighted by molar-refractivity contribution is 0.0224. The predicted molar refractivity (Wildman–Crippen MR) is 151 cm³/mol. The Morgan fingerprint density at radius 2 is 1.79 bits per heavy atom. The van der Waals surface area contributed by atoms with E-state index < -0.39 is 5.60 Å². The molecular formula is C31H30N6O2. The van der Waals surface area contributed by atoms with Gasteiger partial charge < -0.3 is 14.6 Å². The van der Waals surface area contributed by atoms with E-state index in [1.807, 2.05) is 70.6 Å². The minimum atomic E-state index is -0.508. The predicted octanol–water partition coefficient (Wildman–Crippen LogP) is 6.35. The van der Waals surface area contributed by atoms with Crippen LogP contribution in [0.3, 0.4) is 0 Å². The van der Waals surface area contributed by atoms with Gasteiger partial charge in [0.15, 0.2) is 5.82 Å². The van der Waals surface area contributed by atoms with Crippen molar-refractivity contribution in [3.8, 4) is 33.9 Å². The molecule has 1 N–H and O–H groups in total. The fourth-order valence-electron chi connectivity index (χ4n) is 4.89. The Kier molecular flexibility index (Phi) is 6.10. The second-order valence-electron chi connectivity index (χ2n) is 10.9. The maximum atomic E-state index is 12.6. The smallest absolute Gasteiger partial charge is 0.410 e. The van der Waals surface area contributed by atoms with Crippen LogP contribution in [0.25, 0.3) is 44.9 Å². The quantitative estimate of drug-likeness (QED) is 0.299. The van der Waals surface area contributed by atoms with E-state index in [4.69, 9.17) is 14.7 Å². The number of amides is 1. The summed E-state index contributed by atoms with van der Waals surface area (Å²) in [5.74, 6) is 0.567. The second kappa shape index (κ2) is 9.62. The summed E-state index contributed by atoms with van der Waals surface area (Å²) in [6.07, 6.45) is 6.09. The number of ether oxygens (including phenoxy) is 1. The van der Waals surface area contributed by atoms with Crippen LogP contribution in [-0.2, 0) is 17.7 Å². The first kappa shape index (κ1) is 24.7. The number of aromatic amines is 1. The fraction of sp³-hybridized carbons (Fsp3) is 0.258. The van der Waals surface area contributed by atoms with E-state index in [1.54, 1.807) is 4.90 Å². The Morgan fingerprint density at radius 1 is 0.949 bits per heavy atom. The minimum absolute atomic E-state index is 0.268. The molecule has 4 aromatic heterocycles. The van der Waals surface area contributed by atoms with Crippen LogP contribution in [0.1, 0.15) is 37.6 Å². The van der Waals surface area contributed by atoms with Gasteiger partial charge in [0, 0.05) is 53.9 Å². The normalized spacial score (nSPS) is 13.4. The second-order valence-corrected chi connectivity index (χ2v) is 10.9. The zero-order chi connectivity index (χ0) is 27.1. The number of nitrogens with one attached hydrogen (secondary N) is 1. The average molecular weight is 519 g/mol. The van der Waals surface area contributed by atoms with Crippen LogP contribution in [0, 0.1) is 6.92 Å². The van der Waals surface area contributed by atoms with Crippen LogP contribution in [-0.4, -0.2) is 48.1 Å². The van der Waals surface area contributed by atoms with Crippen LogP contribution in [0.5, 0.6) is 0 Å². The summed E-state index contributed by atoms with van der Waals surface area (Å²) < 4.78 is 5.57. The summed E-state index contributed by atoms with van der Waals surface area (Å²) in [5, 5.41) is 0.929. The molecule has 0 bridgehead atoms. The molecule has 1 aliphatic rings. The lowest BCUT2D eigenvalue weighted by atomic mass is 9.94. The van der Waals surface area contributed by atoms with E-state index in [0.717, 1.165) is 56.8 Å². The van der Waals surface area contributed by atoms with Gasteiger partial charge in [-0.05, 0) is 75.1 Å². The highest BCUT2D eigenvalue weighted by molar-refractivity contribution is 5.92. The summed E-state index contributed by atoms with van der Waals surface area (Å²) in [7, 11) is 0. The molecule has 0 aliphatic carbocycles. The number of benzene rings is 1. The summed E-state index contributed by atoms with van der Waals surface area (Å²) >= 11 is 0. The van der Waals surface area contributed by atoms with Crippen LogP contribution in [0.15, 0.2) is 67.1 Å². The summed E-state index contributed by atoms with van der Waals surface area (Å²) in [6, 6.07) is 16.3. The molecule has 0 fully saturated rings. The zero-order valence-corrected chi connectivity index (χ0v) is 22.5. The molecule has 0 radical (unpaired) electrons. The van der Waals surface area contributed by atoms with Crippen LogP contribution < -0.4 is 0 Å². The van der Waals surface area contributed by atoms with Crippen molar-refractivity contribution in [2.24, 2.45) is 0 Å². The number of carbonyl (C=O) groups is 1. The zero-order valence-electron chi connectivity index (χ0n) is 22.5. The van der Waals surface area contributed by atoms with Gasteiger partial charge in [0.1, 0.15) is 16.9 Å². The largest absolute Gasteiger partial charge is 0.444 e. The molecule has 1 amide bonds. The molecule has 5 aromatic rings. The minimum Gasteiger partial charge on any atom is -0.444 e. The highest BCUT2D eigenvalue weighted by Crippen LogP contribution is 2.32. The first-order valence-electron chi connectivity index (χ1n) is 13.1. The Hall–Kier alpha value is -4.59. The van der Waals surface area contributed by atoms with E-state index in [1.165, 1.54) is 5.56 Å². The highest BCUT2D eigenvalue weighted by atomic mass is 16.6. The molecule has 0 atom stereocenters. The number of fused-ring (bicyclic) bond motifs is 2. The topological polar surface area (TPSA) is 96.9 Å². The molecule has 8 heteroatoms. The number of nitrogens with zero attached hydrogens (tertiary/aromatic N) is 5. The van der Waals surface area contributed by atoms with E-state index >= 15 is 0 Å². The number of rotatable bonds is 3. The molecule has 0 saturated carbocycles. The Labute approximate surface area is 227 Å². The van der Waals surface area contributed by atoms with Gasteiger partial charge in [-0.15, -0.1) is 0 Å². The maximum absolute atomic E-state index is 12.6. The van der Waals surface area contributed by atoms with Crippen molar-refractivity contribution < 1.29 is 9.53 Å². The number of aromatic nitrogens is 5. The van der Waals surface area contributed by atoms with Gasteiger partial charge in [0.2, 0.25) is 0 Å². The SMILES string of the molecule is Cc1cccc(-c2nc(-c3cncc(-c4ccc5c(c4)CCN(C(=O)OC(C)(C)C)C5)c3)c3cc[nH]c3n2)n1. The molecular weight excluding hydrogens is 488 g/mol. The number of hydrogen-bond acceptors (Lipinski definition) is 6. The molecule has 8 nitrogen and oxygen atoms in total. The lowest BCUT2D eigenvalue weighted by Gasteiger charge is -2.31. The van der Waals surface area contributed by atoms with Gasteiger partial charge in [-0.1, -0.05) is 24.3 Å². The molecule has 1 aliphatic heterocycles. The summed E-state index contributed by atoms with van der Waals surface area (Å²) in [5.41, 5.74) is 8.05. The first-order valence-corrected chi connectivity index (χ1v) is 13.1. The number of aryl methyl sites for hydroxylation is 1. The van der Waals surface area contributed by atoms with Gasteiger partial charge in [0.25, 0.3) is 0 Å². The van der Waals surface area contributed by atoms with Crippen molar-refractivity contribution >= 4 is 17.1 Å². The third-order valence-corrected chi connectivity index (χ3v) is 6.75. The Bertz CT molecular complexity index is 1700. The average Bonchev–Trinajstić information content (AvgIpc) is 3.40. The van der Waals surface area contributed by atoms with Crippen molar-refractivity contribution in [1.82, 2.24) is 29.8 Å². The van der Waals surface area contributed by atoms with Crippen molar-refractivity contribution in [2.75, 3.05) is 6.54 Å². The van der Waals surface area contributed by atoms with Crippen LogP contribution in [0.2, 0.25) is 0 Å². The molecule has 0 unspecified atom stereocenters. The molecule has 1 aromatic carbocycles. The standard InChI is InChI=1S/C31H30N6O2/c1-19-6-5-7-26(34-19)29-35-27(25-10-12-33-28(25)36-29)24-15-23(16-32-17-24)20-8-9-22-18-37(13-11-21(22)14-20)30(38)39-31(2,3)4/h5-10,12,14-17H,11,13,18H2,1-4H3,(H,33,35,36). The molecule has 0 spiro atoms. The van der Waals surface area contributed by atoms with Gasteiger partial charge in [-0.2, -0.15) is 0 Å². The summed E-state index contributed by atoms with van der Waals surface area (Å²) in [4.78, 5) is 36.4. The third kappa shape index (κ3) is 5.10. The number of hydrogen-bond donors (Lipinski definition) is 1. The maximum Gasteiger partial charge on any atom is 0.410 e.